The van der Waals surface area contributed by atoms with Crippen LogP contribution < -0.4 is 18.9 Å². The summed E-state index contributed by atoms with van der Waals surface area (Å²) in [5.74, 6) is 2.99. The fourth-order valence-corrected chi connectivity index (χ4v) is 4.11. The number of aryl methyl sites for hydroxylation is 1. The summed E-state index contributed by atoms with van der Waals surface area (Å²) < 4.78 is 32.5. The van der Waals surface area contributed by atoms with E-state index in [-0.39, 0.29) is 51.4 Å². The molecule has 0 unspecified atom stereocenters. The molecule has 0 saturated heterocycles. The number of amides is 2. The van der Waals surface area contributed by atoms with Crippen molar-refractivity contribution in [2.75, 3.05) is 47.8 Å². The summed E-state index contributed by atoms with van der Waals surface area (Å²) in [6.45, 7) is 2.85. The van der Waals surface area contributed by atoms with Gasteiger partial charge in [-0.3, -0.25) is 9.59 Å². The molecule has 3 aromatic rings. The van der Waals surface area contributed by atoms with Gasteiger partial charge in [-0.1, -0.05) is 6.07 Å². The van der Waals surface area contributed by atoms with Crippen LogP contribution in [0.1, 0.15) is 27.4 Å². The van der Waals surface area contributed by atoms with Gasteiger partial charge in [-0.25, -0.2) is 0 Å². The van der Waals surface area contributed by atoms with E-state index < -0.39 is 0 Å². The molecule has 0 aliphatic carbocycles. The molecule has 0 N–H and O–H groups in total. The lowest BCUT2D eigenvalue weighted by molar-refractivity contribution is -0.133. The zero-order chi connectivity index (χ0) is 27.1. The van der Waals surface area contributed by atoms with Crippen LogP contribution in [0.15, 0.2) is 52.9 Å². The summed E-state index contributed by atoms with van der Waals surface area (Å²) >= 11 is 0. The highest BCUT2D eigenvalue weighted by Gasteiger charge is 2.26. The number of nitrogens with zero attached hydrogens (tertiary/aromatic N) is 2. The van der Waals surface area contributed by atoms with Gasteiger partial charge in [-0.05, 0) is 48.9 Å². The lowest BCUT2D eigenvalue weighted by Crippen LogP contribution is -2.43. The zero-order valence-electron chi connectivity index (χ0n) is 22.0. The summed E-state index contributed by atoms with van der Waals surface area (Å²) in [4.78, 5) is 30.4. The van der Waals surface area contributed by atoms with Gasteiger partial charge in [0, 0.05) is 26.3 Å². The first-order valence-electron chi connectivity index (χ1n) is 12.1. The molecule has 0 spiro atoms. The Labute approximate surface area is 221 Å². The number of ether oxygens (including phenoxy) is 5. The van der Waals surface area contributed by atoms with E-state index in [9.17, 15) is 9.59 Å². The van der Waals surface area contributed by atoms with E-state index in [1.807, 2.05) is 37.3 Å². The van der Waals surface area contributed by atoms with Gasteiger partial charge in [0.05, 0.1) is 32.9 Å². The summed E-state index contributed by atoms with van der Waals surface area (Å²) in [6.07, 6.45) is 0. The highest BCUT2D eigenvalue weighted by Crippen LogP contribution is 2.33. The van der Waals surface area contributed by atoms with E-state index in [0.29, 0.717) is 34.3 Å². The third kappa shape index (κ3) is 6.38. The molecule has 4 rings (SSSR count). The number of furan rings is 1. The maximum absolute atomic E-state index is 13.7. The van der Waals surface area contributed by atoms with Gasteiger partial charge in [0.15, 0.2) is 11.5 Å². The van der Waals surface area contributed by atoms with Gasteiger partial charge in [0.25, 0.3) is 5.91 Å². The van der Waals surface area contributed by atoms with E-state index in [0.717, 1.165) is 11.3 Å². The molecule has 2 heterocycles. The maximum Gasteiger partial charge on any atom is 0.258 e. The number of fused-ring (bicyclic) bond motifs is 1. The Morgan fingerprint density at radius 3 is 2.42 bits per heavy atom. The molecule has 2 aromatic carbocycles. The summed E-state index contributed by atoms with van der Waals surface area (Å²) in [5, 5.41) is 0. The number of methoxy groups -OCH3 is 3. The number of hydrogen-bond donors (Lipinski definition) is 0. The molecule has 1 aliphatic rings. The van der Waals surface area contributed by atoms with Crippen molar-refractivity contribution in [3.05, 3.63) is 71.2 Å². The Bertz CT molecular complexity index is 1270. The molecule has 1 aliphatic heterocycles. The highest BCUT2D eigenvalue weighted by atomic mass is 16.7. The summed E-state index contributed by atoms with van der Waals surface area (Å²) in [7, 11) is 4.56. The minimum atomic E-state index is -0.355. The Balaban J connectivity index is 1.58. The second-order valence-electron chi connectivity index (χ2n) is 8.74. The SMILES string of the molecule is COCCN(CC(=O)N(Cc1ccc2c(c1)OCO2)Cc1ccc(C)o1)C(=O)c1ccc(OC)cc1OC. The lowest BCUT2D eigenvalue weighted by atomic mass is 10.1. The van der Waals surface area contributed by atoms with Crippen molar-refractivity contribution in [1.29, 1.82) is 0 Å². The molecule has 202 valence electrons. The molecule has 0 radical (unpaired) electrons. The van der Waals surface area contributed by atoms with Gasteiger partial charge in [0.1, 0.15) is 29.6 Å². The molecule has 0 saturated carbocycles. The average Bonchev–Trinajstić information content (AvgIpc) is 3.57. The molecule has 0 atom stereocenters. The minimum Gasteiger partial charge on any atom is -0.497 e. The van der Waals surface area contributed by atoms with E-state index in [2.05, 4.69) is 0 Å². The minimum absolute atomic E-state index is 0.165. The Morgan fingerprint density at radius 1 is 0.895 bits per heavy atom. The van der Waals surface area contributed by atoms with Crippen molar-refractivity contribution in [3.63, 3.8) is 0 Å². The molecule has 38 heavy (non-hydrogen) atoms. The van der Waals surface area contributed by atoms with E-state index in [1.165, 1.54) is 19.1 Å². The van der Waals surface area contributed by atoms with Crippen LogP contribution in [0.25, 0.3) is 0 Å². The normalized spacial score (nSPS) is 11.8. The van der Waals surface area contributed by atoms with Crippen LogP contribution in [-0.2, 0) is 22.6 Å². The van der Waals surface area contributed by atoms with E-state index in [1.54, 1.807) is 30.2 Å². The monoisotopic (exact) mass is 524 g/mol. The number of carbonyl (C=O) groups is 2. The molecular formula is C28H32N2O8. The van der Waals surface area contributed by atoms with Crippen molar-refractivity contribution >= 4 is 11.8 Å². The van der Waals surface area contributed by atoms with Gasteiger partial charge in [-0.15, -0.1) is 0 Å². The number of carbonyl (C=O) groups excluding carboxylic acids is 2. The zero-order valence-corrected chi connectivity index (χ0v) is 22.0. The Morgan fingerprint density at radius 2 is 1.71 bits per heavy atom. The predicted octanol–water partition coefficient (Wildman–Crippen LogP) is 3.65. The molecule has 1 aromatic heterocycles. The van der Waals surface area contributed by atoms with Crippen LogP contribution in [0.3, 0.4) is 0 Å². The number of rotatable bonds is 12. The second kappa shape index (κ2) is 12.4. The third-order valence-electron chi connectivity index (χ3n) is 6.12. The van der Waals surface area contributed by atoms with E-state index >= 15 is 0 Å². The molecule has 0 bridgehead atoms. The first-order valence-corrected chi connectivity index (χ1v) is 12.1. The molecule has 10 nitrogen and oxygen atoms in total. The van der Waals surface area contributed by atoms with Crippen LogP contribution in [0.5, 0.6) is 23.0 Å². The van der Waals surface area contributed by atoms with Gasteiger partial charge >= 0.3 is 0 Å². The second-order valence-corrected chi connectivity index (χ2v) is 8.74. The first-order chi connectivity index (χ1) is 18.4. The van der Waals surface area contributed by atoms with Gasteiger partial charge in [-0.2, -0.15) is 0 Å². The lowest BCUT2D eigenvalue weighted by Gasteiger charge is -2.28. The number of benzene rings is 2. The van der Waals surface area contributed by atoms with Crippen LogP contribution in [0.2, 0.25) is 0 Å². The van der Waals surface area contributed by atoms with Crippen molar-refractivity contribution < 1.29 is 37.7 Å². The summed E-state index contributed by atoms with van der Waals surface area (Å²) in [6, 6.07) is 14.2. The van der Waals surface area contributed by atoms with Crippen molar-refractivity contribution in [3.8, 4) is 23.0 Å². The van der Waals surface area contributed by atoms with Crippen LogP contribution >= 0.6 is 0 Å². The molecular weight excluding hydrogens is 492 g/mol. The largest absolute Gasteiger partial charge is 0.497 e. The van der Waals surface area contributed by atoms with E-state index in [4.69, 9.17) is 28.1 Å². The van der Waals surface area contributed by atoms with Gasteiger partial charge < -0.3 is 37.9 Å². The first kappa shape index (κ1) is 26.9. The maximum atomic E-state index is 13.7. The fraction of sp³-hybridized carbons (Fsp3) is 0.357. The third-order valence-corrected chi connectivity index (χ3v) is 6.12. The van der Waals surface area contributed by atoms with Gasteiger partial charge in [0.2, 0.25) is 12.7 Å². The molecule has 10 heteroatoms. The summed E-state index contributed by atoms with van der Waals surface area (Å²) in [5.41, 5.74) is 1.18. The molecule has 0 fully saturated rings. The standard InChI is InChI=1S/C28H32N2O8/c1-19-5-7-22(38-19)16-30(15-20-6-10-24-26(13-20)37-18-36-24)27(31)17-29(11-12-33-2)28(32)23-9-8-21(34-3)14-25(23)35-4/h5-10,13-14H,11-12,15-18H2,1-4H3. The van der Waals surface area contributed by atoms with Crippen LogP contribution in [0.4, 0.5) is 0 Å². The highest BCUT2D eigenvalue weighted by molar-refractivity contribution is 5.99. The average molecular weight is 525 g/mol. The van der Waals surface area contributed by atoms with Crippen LogP contribution in [0, 0.1) is 6.92 Å². The molecule has 2 amide bonds. The quantitative estimate of drug-likeness (QED) is 0.354. The fourth-order valence-electron chi connectivity index (χ4n) is 4.11. The van der Waals surface area contributed by atoms with Crippen LogP contribution in [-0.4, -0.2) is 69.4 Å². The Kier molecular flexibility index (Phi) is 8.75. The van der Waals surface area contributed by atoms with Crippen molar-refractivity contribution in [2.45, 2.75) is 20.0 Å². The smallest absolute Gasteiger partial charge is 0.258 e. The topological polar surface area (TPSA) is 99.9 Å². The Hall–Kier alpha value is -4.18. The number of hydrogen-bond acceptors (Lipinski definition) is 8. The van der Waals surface area contributed by atoms with Crippen molar-refractivity contribution in [2.24, 2.45) is 0 Å². The predicted molar refractivity (Wildman–Crippen MR) is 138 cm³/mol. The van der Waals surface area contributed by atoms with Crippen molar-refractivity contribution in [1.82, 2.24) is 9.80 Å².